The van der Waals surface area contributed by atoms with Gasteiger partial charge in [0, 0.05) is 24.1 Å². The van der Waals surface area contributed by atoms with Crippen molar-refractivity contribution in [1.82, 2.24) is 14.7 Å². The summed E-state index contributed by atoms with van der Waals surface area (Å²) in [7, 11) is 0. The van der Waals surface area contributed by atoms with Crippen LogP contribution in [0.4, 0.5) is 0 Å². The largest absolute Gasteiger partial charge is 0.491 e. The molecule has 0 unspecified atom stereocenters. The summed E-state index contributed by atoms with van der Waals surface area (Å²) in [5.41, 5.74) is -3.31. The number of carbonyl (C=O) groups excluding carboxylic acids is 6. The quantitative estimate of drug-likeness (QED) is 0.0857. The Balaban J connectivity index is 2.71. The van der Waals surface area contributed by atoms with E-state index in [1.54, 1.807) is 132 Å². The van der Waals surface area contributed by atoms with Crippen LogP contribution in [0.1, 0.15) is 120 Å². The smallest absolute Gasteiger partial charge is 0.342 e. The normalized spacial score (nSPS) is 13.0. The van der Waals surface area contributed by atoms with Crippen LogP contribution < -0.4 is 4.74 Å². The summed E-state index contributed by atoms with van der Waals surface area (Å²) in [5, 5.41) is 0. The van der Waals surface area contributed by atoms with E-state index in [2.05, 4.69) is 15.9 Å². The molecule has 0 saturated heterocycles. The van der Waals surface area contributed by atoms with Crippen LogP contribution in [-0.2, 0) is 59.0 Å². The Hall–Kier alpha value is -4.58. The summed E-state index contributed by atoms with van der Waals surface area (Å²) >= 11 is 3.44. The third kappa shape index (κ3) is 25.9. The topological polar surface area (TPSA) is 177 Å². The molecule has 0 aromatic heterocycles. The fourth-order valence-electron chi connectivity index (χ4n) is 6.14. The molecule has 2 rings (SSSR count). The number of benzene rings is 2. The van der Waals surface area contributed by atoms with Gasteiger partial charge in [0.25, 0.3) is 0 Å². The van der Waals surface area contributed by atoms with E-state index < -0.39 is 83.0 Å². The second-order valence-electron chi connectivity index (χ2n) is 21.0. The zero-order chi connectivity index (χ0) is 50.3. The molecule has 0 heterocycles. The van der Waals surface area contributed by atoms with Gasteiger partial charge in [-0.1, -0.05) is 46.3 Å². The molecule has 16 nitrogen and oxygen atoms in total. The highest BCUT2D eigenvalue weighted by molar-refractivity contribution is 9.10. The number of hydrogen-bond donors (Lipinski definition) is 0. The summed E-state index contributed by atoms with van der Waals surface area (Å²) in [5.74, 6) is -3.55. The molecule has 0 radical (unpaired) electrons. The lowest BCUT2D eigenvalue weighted by Gasteiger charge is -2.36. The van der Waals surface area contributed by atoms with Crippen LogP contribution in [0.3, 0.4) is 0 Å². The first-order valence-electron chi connectivity index (χ1n) is 22.1. The van der Waals surface area contributed by atoms with E-state index in [4.69, 9.17) is 33.2 Å². The second kappa shape index (κ2) is 25.0. The second-order valence-corrected chi connectivity index (χ2v) is 21.9. The zero-order valence-electron chi connectivity index (χ0n) is 41.8. The van der Waals surface area contributed by atoms with Crippen LogP contribution >= 0.6 is 15.9 Å². The minimum atomic E-state index is -0.894. The van der Waals surface area contributed by atoms with Crippen LogP contribution in [0.2, 0.25) is 0 Å². The maximum absolute atomic E-state index is 13.6. The van der Waals surface area contributed by atoms with Gasteiger partial charge in [-0.15, -0.1) is 0 Å². The number of carbonyl (C=O) groups is 6. The molecule has 2 aromatic carbocycles. The van der Waals surface area contributed by atoms with Crippen molar-refractivity contribution in [2.45, 2.75) is 145 Å². The van der Waals surface area contributed by atoms with Gasteiger partial charge in [-0.05, 0) is 128 Å². The van der Waals surface area contributed by atoms with Crippen molar-refractivity contribution >= 4 is 51.7 Å². The standard InChI is InChI=1S/C49H74BrN3O13/c1-45(2,3)62-39(54)27-51(23-24-52(28-40(55)63-46(4,5)6)29-41(56)64-47(7,8)9)26-36(53(30-42(57)65-48(10,11)12)31-43(58)66-49(13,14)15)33-60-38-22-21-35(50)25-37(38)44(59)61-32-34-19-17-16-18-20-34/h16-22,25,36H,23-24,26-33H2,1-15H3/t36-/m1/s1. The lowest BCUT2D eigenvalue weighted by Crippen LogP contribution is -2.54. The summed E-state index contributed by atoms with van der Waals surface area (Å²) in [6.07, 6.45) is 0. The van der Waals surface area contributed by atoms with Crippen molar-refractivity contribution in [2.75, 3.05) is 59.0 Å². The van der Waals surface area contributed by atoms with E-state index in [1.165, 1.54) is 4.90 Å². The van der Waals surface area contributed by atoms with Gasteiger partial charge >= 0.3 is 35.8 Å². The van der Waals surface area contributed by atoms with Crippen LogP contribution in [-0.4, -0.2) is 144 Å². The Bertz CT molecular complexity index is 1860. The number of hydrogen-bond acceptors (Lipinski definition) is 16. The van der Waals surface area contributed by atoms with E-state index in [1.807, 2.05) is 30.3 Å². The van der Waals surface area contributed by atoms with Crippen LogP contribution in [0, 0.1) is 0 Å². The SMILES string of the molecule is CC(C)(C)OC(=O)CN(CCN(CC(=O)OC(C)(C)C)C[C@H](COc1ccc(Br)cc1C(=O)OCc1ccccc1)N(CC(=O)OC(C)(C)C)CC(=O)OC(C)(C)C)CC(=O)OC(C)(C)C. The van der Waals surface area contributed by atoms with E-state index >= 15 is 0 Å². The third-order valence-electron chi connectivity index (χ3n) is 8.35. The minimum absolute atomic E-state index is 0.00625. The minimum Gasteiger partial charge on any atom is -0.491 e. The van der Waals surface area contributed by atoms with Crippen LogP contribution in [0.15, 0.2) is 53.0 Å². The first kappa shape index (κ1) is 57.5. The van der Waals surface area contributed by atoms with E-state index in [9.17, 15) is 28.8 Å². The summed E-state index contributed by atoms with van der Waals surface area (Å²) < 4.78 is 41.1. The Morgan fingerprint density at radius 2 is 0.924 bits per heavy atom. The summed E-state index contributed by atoms with van der Waals surface area (Å²) in [6.45, 7) is 24.1. The molecular weight excluding hydrogens is 918 g/mol. The molecule has 0 saturated carbocycles. The molecule has 0 aliphatic heterocycles. The maximum Gasteiger partial charge on any atom is 0.342 e. The molecule has 0 spiro atoms. The van der Waals surface area contributed by atoms with Gasteiger partial charge in [0.05, 0.1) is 38.8 Å². The van der Waals surface area contributed by atoms with Gasteiger partial charge in [0.2, 0.25) is 0 Å². The Kier molecular flexibility index (Phi) is 21.8. The van der Waals surface area contributed by atoms with Crippen LogP contribution in [0.25, 0.3) is 0 Å². The van der Waals surface area contributed by atoms with Crippen molar-refractivity contribution in [1.29, 1.82) is 0 Å². The van der Waals surface area contributed by atoms with Crippen molar-refractivity contribution in [3.05, 3.63) is 64.1 Å². The third-order valence-corrected chi connectivity index (χ3v) is 8.84. The molecular formula is C49H74BrN3O13. The number of halogens is 1. The monoisotopic (exact) mass is 991 g/mol. The van der Waals surface area contributed by atoms with E-state index in [0.29, 0.717) is 4.47 Å². The fraction of sp³-hybridized carbons (Fsp3) is 0.633. The summed E-state index contributed by atoms with van der Waals surface area (Å²) in [6, 6.07) is 13.1. The molecule has 17 heteroatoms. The van der Waals surface area contributed by atoms with Gasteiger partial charge in [-0.3, -0.25) is 38.7 Å². The molecule has 0 aliphatic carbocycles. The van der Waals surface area contributed by atoms with E-state index in [-0.39, 0.29) is 63.8 Å². The molecule has 66 heavy (non-hydrogen) atoms. The molecule has 2 aromatic rings. The Morgan fingerprint density at radius 1 is 0.530 bits per heavy atom. The molecule has 0 N–H and O–H groups in total. The van der Waals surface area contributed by atoms with Crippen LogP contribution in [0.5, 0.6) is 5.75 Å². The number of rotatable bonds is 22. The number of ether oxygens (including phenoxy) is 7. The average Bonchev–Trinajstić information content (AvgIpc) is 3.11. The van der Waals surface area contributed by atoms with Gasteiger partial charge < -0.3 is 33.2 Å². The van der Waals surface area contributed by atoms with Crippen molar-refractivity contribution in [2.24, 2.45) is 0 Å². The first-order chi connectivity index (χ1) is 30.1. The van der Waals surface area contributed by atoms with Crippen molar-refractivity contribution in [3.8, 4) is 5.75 Å². The van der Waals surface area contributed by atoms with Gasteiger partial charge in [-0.2, -0.15) is 0 Å². The predicted molar refractivity (Wildman–Crippen MR) is 253 cm³/mol. The van der Waals surface area contributed by atoms with Crippen molar-refractivity contribution in [3.63, 3.8) is 0 Å². The first-order valence-corrected chi connectivity index (χ1v) is 22.9. The highest BCUT2D eigenvalue weighted by Crippen LogP contribution is 2.26. The number of esters is 6. The lowest BCUT2D eigenvalue weighted by molar-refractivity contribution is -0.163. The Labute approximate surface area is 400 Å². The zero-order valence-corrected chi connectivity index (χ0v) is 43.4. The van der Waals surface area contributed by atoms with Gasteiger partial charge in [0.1, 0.15) is 52.5 Å². The Morgan fingerprint density at radius 3 is 1.35 bits per heavy atom. The number of nitrogens with zero attached hydrogens (tertiary/aromatic N) is 3. The van der Waals surface area contributed by atoms with Gasteiger partial charge in [-0.25, -0.2) is 4.79 Å². The van der Waals surface area contributed by atoms with Gasteiger partial charge in [0.15, 0.2) is 0 Å². The lowest BCUT2D eigenvalue weighted by atomic mass is 10.1. The fourth-order valence-corrected chi connectivity index (χ4v) is 6.50. The molecule has 0 aliphatic rings. The summed E-state index contributed by atoms with van der Waals surface area (Å²) in [4.78, 5) is 85.6. The predicted octanol–water partition coefficient (Wildman–Crippen LogP) is 7.17. The molecule has 0 fully saturated rings. The molecule has 1 atom stereocenters. The average molecular weight is 993 g/mol. The van der Waals surface area contributed by atoms with E-state index in [0.717, 1.165) is 5.56 Å². The molecule has 0 bridgehead atoms. The maximum atomic E-state index is 13.6. The van der Waals surface area contributed by atoms with Crippen molar-refractivity contribution < 1.29 is 61.9 Å². The highest BCUT2D eigenvalue weighted by Gasteiger charge is 2.33. The molecule has 0 amide bonds. The highest BCUT2D eigenvalue weighted by atomic mass is 79.9. The molecule has 370 valence electrons.